The van der Waals surface area contributed by atoms with Crippen LogP contribution in [0.15, 0.2) is 24.3 Å². The van der Waals surface area contributed by atoms with Crippen molar-refractivity contribution in [1.29, 1.82) is 0 Å². The molecule has 6 heteroatoms. The quantitative estimate of drug-likeness (QED) is 0.884. The Morgan fingerprint density at radius 3 is 2.47 bits per heavy atom. The monoisotopic (exact) mass is 260 g/mol. The Balaban J connectivity index is 2.29. The number of methoxy groups -OCH3 is 1. The molecule has 0 radical (unpaired) electrons. The van der Waals surface area contributed by atoms with E-state index in [4.69, 9.17) is 15.2 Å². The van der Waals surface area contributed by atoms with E-state index in [2.05, 4.69) is 15.0 Å². The molecule has 1 heterocycles. The summed E-state index contributed by atoms with van der Waals surface area (Å²) in [6, 6.07) is 7.64. The van der Waals surface area contributed by atoms with Gasteiger partial charge in [-0.25, -0.2) is 0 Å². The molecule has 2 N–H and O–H groups in total. The molecule has 2 aromatic rings. The molecule has 0 amide bonds. The molecule has 100 valence electrons. The highest BCUT2D eigenvalue weighted by Gasteiger charge is 2.07. The van der Waals surface area contributed by atoms with Gasteiger partial charge in [-0.3, -0.25) is 0 Å². The Hall–Kier alpha value is -2.37. The van der Waals surface area contributed by atoms with Gasteiger partial charge in [0.15, 0.2) is 5.82 Å². The molecule has 6 nitrogen and oxygen atoms in total. The number of anilines is 1. The number of benzene rings is 1. The largest absolute Gasteiger partial charge is 0.497 e. The number of aromatic nitrogens is 3. The summed E-state index contributed by atoms with van der Waals surface area (Å²) in [5.41, 5.74) is 6.49. The molecule has 1 aromatic heterocycles. The van der Waals surface area contributed by atoms with Gasteiger partial charge in [-0.1, -0.05) is 6.92 Å². The van der Waals surface area contributed by atoms with Gasteiger partial charge in [-0.15, -0.1) is 0 Å². The highest BCUT2D eigenvalue weighted by molar-refractivity contribution is 5.57. The van der Waals surface area contributed by atoms with Gasteiger partial charge in [0.25, 0.3) is 0 Å². The highest BCUT2D eigenvalue weighted by Crippen LogP contribution is 2.21. The number of hydrogen-bond donors (Lipinski definition) is 1. The average molecular weight is 260 g/mol. The molecule has 0 aliphatic heterocycles. The highest BCUT2D eigenvalue weighted by atomic mass is 16.5. The van der Waals surface area contributed by atoms with Gasteiger partial charge in [0.2, 0.25) is 5.95 Å². The third-order valence-corrected chi connectivity index (χ3v) is 2.42. The van der Waals surface area contributed by atoms with Crippen molar-refractivity contribution in [2.45, 2.75) is 13.3 Å². The number of nitrogens with two attached hydrogens (primary N) is 1. The van der Waals surface area contributed by atoms with Crippen molar-refractivity contribution in [3.05, 3.63) is 24.3 Å². The number of nitrogens with zero attached hydrogens (tertiary/aromatic N) is 3. The van der Waals surface area contributed by atoms with Crippen LogP contribution < -0.4 is 15.2 Å². The predicted octanol–water partition coefficient (Wildman–Crippen LogP) is 1.92. The van der Waals surface area contributed by atoms with Crippen molar-refractivity contribution in [3.8, 4) is 23.1 Å². The minimum absolute atomic E-state index is 0.145. The Bertz CT molecular complexity index is 543. The summed E-state index contributed by atoms with van der Waals surface area (Å²) in [6.07, 6.45) is 0.878. The fourth-order valence-corrected chi connectivity index (χ4v) is 1.50. The van der Waals surface area contributed by atoms with E-state index in [0.29, 0.717) is 12.4 Å². The van der Waals surface area contributed by atoms with E-state index >= 15 is 0 Å². The minimum Gasteiger partial charge on any atom is -0.497 e. The second kappa shape index (κ2) is 5.99. The molecule has 0 atom stereocenters. The van der Waals surface area contributed by atoms with Crippen molar-refractivity contribution in [3.63, 3.8) is 0 Å². The van der Waals surface area contributed by atoms with Crippen LogP contribution >= 0.6 is 0 Å². The van der Waals surface area contributed by atoms with Crippen LogP contribution in [-0.2, 0) is 0 Å². The topological polar surface area (TPSA) is 83.2 Å². The first-order valence-electron chi connectivity index (χ1n) is 6.01. The molecule has 0 saturated heterocycles. The predicted molar refractivity (Wildman–Crippen MR) is 72.0 cm³/mol. The van der Waals surface area contributed by atoms with Crippen molar-refractivity contribution < 1.29 is 9.47 Å². The zero-order valence-electron chi connectivity index (χ0n) is 11.0. The summed E-state index contributed by atoms with van der Waals surface area (Å²) in [7, 11) is 1.62. The minimum atomic E-state index is 0.145. The van der Waals surface area contributed by atoms with Gasteiger partial charge in [-0.05, 0) is 30.7 Å². The summed E-state index contributed by atoms with van der Waals surface area (Å²) < 4.78 is 10.5. The van der Waals surface area contributed by atoms with Gasteiger partial charge < -0.3 is 15.2 Å². The van der Waals surface area contributed by atoms with Crippen LogP contribution in [0.1, 0.15) is 13.3 Å². The van der Waals surface area contributed by atoms with Crippen molar-refractivity contribution >= 4 is 5.95 Å². The van der Waals surface area contributed by atoms with Crippen molar-refractivity contribution in [2.75, 3.05) is 19.5 Å². The summed E-state index contributed by atoms with van der Waals surface area (Å²) in [4.78, 5) is 12.3. The molecular weight excluding hydrogens is 244 g/mol. The maximum atomic E-state index is 5.66. The smallest absolute Gasteiger partial charge is 0.321 e. The first-order valence-corrected chi connectivity index (χ1v) is 6.01. The Morgan fingerprint density at radius 2 is 1.84 bits per heavy atom. The van der Waals surface area contributed by atoms with E-state index < -0.39 is 0 Å². The molecule has 1 aromatic carbocycles. The molecular formula is C13H16N4O2. The van der Waals surface area contributed by atoms with Crippen LogP contribution in [0.25, 0.3) is 11.4 Å². The molecule has 0 aliphatic rings. The lowest BCUT2D eigenvalue weighted by Gasteiger charge is -2.06. The average Bonchev–Trinajstić information content (AvgIpc) is 2.44. The van der Waals surface area contributed by atoms with Crippen molar-refractivity contribution in [1.82, 2.24) is 15.0 Å². The second-order valence-corrected chi connectivity index (χ2v) is 3.88. The van der Waals surface area contributed by atoms with Gasteiger partial charge in [-0.2, -0.15) is 15.0 Å². The maximum absolute atomic E-state index is 5.66. The van der Waals surface area contributed by atoms with Crippen LogP contribution in [0.4, 0.5) is 5.95 Å². The van der Waals surface area contributed by atoms with E-state index in [1.807, 2.05) is 31.2 Å². The molecule has 0 unspecified atom stereocenters. The first kappa shape index (κ1) is 13.1. The molecule has 19 heavy (non-hydrogen) atoms. The van der Waals surface area contributed by atoms with E-state index in [9.17, 15) is 0 Å². The van der Waals surface area contributed by atoms with Gasteiger partial charge >= 0.3 is 6.01 Å². The Labute approximate surface area is 111 Å². The van der Waals surface area contributed by atoms with E-state index in [-0.39, 0.29) is 12.0 Å². The zero-order chi connectivity index (χ0) is 13.7. The molecule has 0 bridgehead atoms. The van der Waals surface area contributed by atoms with Crippen molar-refractivity contribution in [2.24, 2.45) is 0 Å². The van der Waals surface area contributed by atoms with Crippen LogP contribution in [0.2, 0.25) is 0 Å². The summed E-state index contributed by atoms with van der Waals surface area (Å²) >= 11 is 0. The fourth-order valence-electron chi connectivity index (χ4n) is 1.50. The number of ether oxygens (including phenoxy) is 2. The van der Waals surface area contributed by atoms with Crippen LogP contribution in [0.5, 0.6) is 11.8 Å². The van der Waals surface area contributed by atoms with E-state index in [0.717, 1.165) is 17.7 Å². The lowest BCUT2D eigenvalue weighted by atomic mass is 10.2. The zero-order valence-corrected chi connectivity index (χ0v) is 11.0. The first-order chi connectivity index (χ1) is 9.22. The third-order valence-electron chi connectivity index (χ3n) is 2.42. The SMILES string of the molecule is CCCOc1nc(N)nc(-c2ccc(OC)cc2)n1. The molecule has 0 spiro atoms. The normalized spacial score (nSPS) is 10.2. The van der Waals surface area contributed by atoms with Crippen LogP contribution in [0.3, 0.4) is 0 Å². The number of hydrogen-bond acceptors (Lipinski definition) is 6. The summed E-state index contributed by atoms with van der Waals surface area (Å²) in [5, 5.41) is 0. The third kappa shape index (κ3) is 3.31. The lowest BCUT2D eigenvalue weighted by molar-refractivity contribution is 0.292. The number of rotatable bonds is 5. The Morgan fingerprint density at radius 1 is 1.11 bits per heavy atom. The maximum Gasteiger partial charge on any atom is 0.321 e. The Kier molecular flexibility index (Phi) is 4.12. The van der Waals surface area contributed by atoms with Gasteiger partial charge in [0.1, 0.15) is 5.75 Å². The van der Waals surface area contributed by atoms with Crippen LogP contribution in [-0.4, -0.2) is 28.7 Å². The van der Waals surface area contributed by atoms with Gasteiger partial charge in [0.05, 0.1) is 13.7 Å². The molecule has 0 saturated carbocycles. The fraction of sp³-hybridized carbons (Fsp3) is 0.308. The van der Waals surface area contributed by atoms with E-state index in [1.54, 1.807) is 7.11 Å². The second-order valence-electron chi connectivity index (χ2n) is 3.88. The summed E-state index contributed by atoms with van der Waals surface area (Å²) in [6.45, 7) is 2.56. The summed E-state index contributed by atoms with van der Waals surface area (Å²) in [5.74, 6) is 1.40. The van der Waals surface area contributed by atoms with Gasteiger partial charge in [0, 0.05) is 5.56 Å². The molecule has 2 rings (SSSR count). The number of nitrogen functional groups attached to an aromatic ring is 1. The lowest BCUT2D eigenvalue weighted by Crippen LogP contribution is -2.05. The molecule has 0 fully saturated rings. The van der Waals surface area contributed by atoms with Crippen LogP contribution in [0, 0.1) is 0 Å². The molecule has 0 aliphatic carbocycles. The van der Waals surface area contributed by atoms with E-state index in [1.165, 1.54) is 0 Å². The standard InChI is InChI=1S/C13H16N4O2/c1-3-8-19-13-16-11(15-12(14)17-13)9-4-6-10(18-2)7-5-9/h4-7H,3,8H2,1-2H3,(H2,14,15,16,17).